The number of imide groups is 1. The minimum atomic E-state index is -0.175. The van der Waals surface area contributed by atoms with Crippen LogP contribution in [0.5, 0.6) is 0 Å². The summed E-state index contributed by atoms with van der Waals surface area (Å²) < 4.78 is 0. The number of amides is 2. The quantitative estimate of drug-likeness (QED) is 0.573. The number of aryl methyl sites for hydroxylation is 2. The molecule has 2 amide bonds. The van der Waals surface area contributed by atoms with E-state index in [1.165, 1.54) is 28.9 Å². The van der Waals surface area contributed by atoms with Gasteiger partial charge in [-0.2, -0.15) is 0 Å². The van der Waals surface area contributed by atoms with Gasteiger partial charge in [0.15, 0.2) is 0 Å². The second-order valence-corrected chi connectivity index (χ2v) is 8.06. The lowest BCUT2D eigenvalue weighted by atomic mass is 9.85. The molecule has 1 heterocycles. The van der Waals surface area contributed by atoms with Crippen molar-refractivity contribution in [3.05, 3.63) is 52.6 Å². The van der Waals surface area contributed by atoms with E-state index in [1.54, 1.807) is 0 Å². The molecule has 1 saturated heterocycles. The normalized spacial score (nSPS) is 33.1. The minimum Gasteiger partial charge on any atom is -0.274 e. The first kappa shape index (κ1) is 15.1. The van der Waals surface area contributed by atoms with Crippen molar-refractivity contribution < 1.29 is 9.59 Å². The Hall–Kier alpha value is -2.16. The Bertz CT molecular complexity index is 821. The Morgan fingerprint density at radius 1 is 0.920 bits per heavy atom. The average molecular weight is 333 g/mol. The van der Waals surface area contributed by atoms with Gasteiger partial charge in [-0.15, -0.1) is 0 Å². The molecule has 3 nitrogen and oxygen atoms in total. The first-order chi connectivity index (χ1) is 12.1. The highest BCUT2D eigenvalue weighted by molar-refractivity contribution is 6.23. The van der Waals surface area contributed by atoms with Crippen LogP contribution >= 0.6 is 0 Å². The van der Waals surface area contributed by atoms with E-state index >= 15 is 0 Å². The van der Waals surface area contributed by atoms with Crippen molar-refractivity contribution in [2.75, 3.05) is 4.90 Å². The van der Waals surface area contributed by atoms with Crippen LogP contribution in [0.1, 0.15) is 36.8 Å². The fourth-order valence-electron chi connectivity index (χ4n) is 5.52. The van der Waals surface area contributed by atoms with E-state index in [1.807, 2.05) is 32.0 Å². The number of fused-ring (bicyclic) bond motifs is 5. The van der Waals surface area contributed by atoms with E-state index in [2.05, 4.69) is 12.2 Å². The number of allylic oxidation sites excluding steroid dienone is 4. The Morgan fingerprint density at radius 2 is 1.52 bits per heavy atom. The van der Waals surface area contributed by atoms with E-state index in [9.17, 15) is 9.59 Å². The van der Waals surface area contributed by atoms with Gasteiger partial charge in [-0.05, 0) is 56.7 Å². The van der Waals surface area contributed by atoms with Crippen LogP contribution in [0.3, 0.4) is 0 Å². The summed E-state index contributed by atoms with van der Waals surface area (Å²) in [6.07, 6.45) is 9.22. The lowest BCUT2D eigenvalue weighted by Gasteiger charge is -2.21. The standard InChI is InChI=1S/C22H23NO2/c1-12-7-8-13(2)17(11-12)23-21(24)19-15-9-10-16(20(19)22(23)25)18(15)14-5-3-4-6-14/h7-11,15-16,19-20H,3-6H2,1-2H3. The molecule has 0 spiro atoms. The second-order valence-electron chi connectivity index (χ2n) is 8.06. The summed E-state index contributed by atoms with van der Waals surface area (Å²) in [5, 5.41) is 0. The molecule has 2 bridgehead atoms. The number of benzene rings is 1. The predicted molar refractivity (Wildman–Crippen MR) is 97.0 cm³/mol. The fraction of sp³-hybridized carbons (Fsp3) is 0.455. The Morgan fingerprint density at radius 3 is 2.12 bits per heavy atom. The zero-order chi connectivity index (χ0) is 17.3. The molecule has 4 aliphatic rings. The lowest BCUT2D eigenvalue weighted by molar-refractivity contribution is -0.122. The molecule has 3 heteroatoms. The SMILES string of the molecule is Cc1ccc(C)c(N2C(=O)C3C4C=CC(C4=C4CCCC4)C3C2=O)c1. The number of hydrogen-bond acceptors (Lipinski definition) is 2. The molecule has 4 atom stereocenters. The summed E-state index contributed by atoms with van der Waals surface area (Å²) in [5.41, 5.74) is 5.80. The third kappa shape index (κ3) is 1.92. The molecule has 1 aliphatic heterocycles. The molecule has 1 aromatic rings. The third-order valence-electron chi connectivity index (χ3n) is 6.64. The van der Waals surface area contributed by atoms with Gasteiger partial charge in [0.1, 0.15) is 0 Å². The Labute approximate surface area is 148 Å². The Kier molecular flexibility index (Phi) is 3.13. The van der Waals surface area contributed by atoms with Crippen molar-refractivity contribution in [2.45, 2.75) is 39.5 Å². The first-order valence-electron chi connectivity index (χ1n) is 9.43. The summed E-state index contributed by atoms with van der Waals surface area (Å²) >= 11 is 0. The maximum Gasteiger partial charge on any atom is 0.238 e. The number of nitrogens with zero attached hydrogens (tertiary/aromatic N) is 1. The van der Waals surface area contributed by atoms with Crippen molar-refractivity contribution in [3.8, 4) is 0 Å². The molecular weight excluding hydrogens is 310 g/mol. The highest BCUT2D eigenvalue weighted by atomic mass is 16.2. The van der Waals surface area contributed by atoms with Crippen LogP contribution in [-0.2, 0) is 9.59 Å². The largest absolute Gasteiger partial charge is 0.274 e. The van der Waals surface area contributed by atoms with Crippen molar-refractivity contribution in [1.82, 2.24) is 0 Å². The van der Waals surface area contributed by atoms with Crippen molar-refractivity contribution in [2.24, 2.45) is 23.7 Å². The first-order valence-corrected chi connectivity index (χ1v) is 9.43. The van der Waals surface area contributed by atoms with E-state index in [0.29, 0.717) is 0 Å². The number of hydrogen-bond donors (Lipinski definition) is 0. The maximum atomic E-state index is 13.3. The minimum absolute atomic E-state index is 0.0108. The molecule has 4 unspecified atom stereocenters. The van der Waals surface area contributed by atoms with Gasteiger partial charge < -0.3 is 0 Å². The Balaban J connectivity index is 1.57. The summed E-state index contributed by atoms with van der Waals surface area (Å²) in [5.74, 6) is -0.00588. The average Bonchev–Trinajstić information content (AvgIpc) is 3.33. The summed E-state index contributed by atoms with van der Waals surface area (Å²) in [6, 6.07) is 5.99. The molecule has 5 rings (SSSR count). The zero-order valence-corrected chi connectivity index (χ0v) is 14.8. The van der Waals surface area contributed by atoms with Gasteiger partial charge in [0.25, 0.3) is 0 Å². The zero-order valence-electron chi connectivity index (χ0n) is 14.8. The molecular formula is C22H23NO2. The van der Waals surface area contributed by atoms with Crippen LogP contribution in [0.25, 0.3) is 0 Å². The molecule has 2 saturated carbocycles. The second kappa shape index (κ2) is 5.17. The summed E-state index contributed by atoms with van der Waals surface area (Å²) in [4.78, 5) is 28.0. The molecule has 0 aromatic heterocycles. The van der Waals surface area contributed by atoms with E-state index < -0.39 is 0 Å². The topological polar surface area (TPSA) is 37.4 Å². The van der Waals surface area contributed by atoms with Crippen LogP contribution in [0, 0.1) is 37.5 Å². The van der Waals surface area contributed by atoms with E-state index in [4.69, 9.17) is 0 Å². The predicted octanol–water partition coefficient (Wildman–Crippen LogP) is 4.10. The number of carbonyl (C=O) groups is 2. The van der Waals surface area contributed by atoms with Crippen LogP contribution in [-0.4, -0.2) is 11.8 Å². The van der Waals surface area contributed by atoms with Gasteiger partial charge in [0.2, 0.25) is 11.8 Å². The summed E-state index contributed by atoms with van der Waals surface area (Å²) in [7, 11) is 0. The van der Waals surface area contributed by atoms with Gasteiger partial charge >= 0.3 is 0 Å². The number of anilines is 1. The van der Waals surface area contributed by atoms with Crippen molar-refractivity contribution in [1.29, 1.82) is 0 Å². The highest BCUT2D eigenvalue weighted by Gasteiger charge is 2.62. The molecule has 0 radical (unpaired) electrons. The molecule has 1 aromatic carbocycles. The van der Waals surface area contributed by atoms with Crippen LogP contribution in [0.15, 0.2) is 41.5 Å². The molecule has 0 N–H and O–H groups in total. The highest BCUT2D eigenvalue weighted by Crippen LogP contribution is 2.58. The fourth-order valence-corrected chi connectivity index (χ4v) is 5.52. The number of rotatable bonds is 1. The van der Waals surface area contributed by atoms with Crippen LogP contribution < -0.4 is 4.90 Å². The maximum absolute atomic E-state index is 13.3. The lowest BCUT2D eigenvalue weighted by Crippen LogP contribution is -2.33. The monoisotopic (exact) mass is 333 g/mol. The van der Waals surface area contributed by atoms with Gasteiger partial charge in [0.05, 0.1) is 17.5 Å². The molecule has 128 valence electrons. The van der Waals surface area contributed by atoms with Gasteiger partial charge in [0, 0.05) is 11.8 Å². The van der Waals surface area contributed by atoms with E-state index in [-0.39, 0.29) is 35.5 Å². The van der Waals surface area contributed by atoms with Gasteiger partial charge in [-0.25, -0.2) is 4.90 Å². The molecule has 3 aliphatic carbocycles. The smallest absolute Gasteiger partial charge is 0.238 e. The van der Waals surface area contributed by atoms with E-state index in [0.717, 1.165) is 29.7 Å². The summed E-state index contributed by atoms with van der Waals surface area (Å²) in [6.45, 7) is 3.98. The third-order valence-corrected chi connectivity index (χ3v) is 6.64. The van der Waals surface area contributed by atoms with Crippen LogP contribution in [0.4, 0.5) is 5.69 Å². The molecule has 3 fully saturated rings. The van der Waals surface area contributed by atoms with Crippen LogP contribution in [0.2, 0.25) is 0 Å². The van der Waals surface area contributed by atoms with Crippen molar-refractivity contribution >= 4 is 17.5 Å². The number of carbonyl (C=O) groups excluding carboxylic acids is 2. The van der Waals surface area contributed by atoms with Crippen molar-refractivity contribution in [3.63, 3.8) is 0 Å². The van der Waals surface area contributed by atoms with Gasteiger partial charge in [-0.1, -0.05) is 35.4 Å². The molecule has 25 heavy (non-hydrogen) atoms. The van der Waals surface area contributed by atoms with Gasteiger partial charge in [-0.3, -0.25) is 9.59 Å².